The largest absolute Gasteiger partial charge is 0.394 e. The summed E-state index contributed by atoms with van der Waals surface area (Å²) in [4.78, 5) is 12.3. The first kappa shape index (κ1) is 14.1. The molecule has 1 saturated carbocycles. The van der Waals surface area contributed by atoms with Gasteiger partial charge >= 0.3 is 0 Å². The fourth-order valence-electron chi connectivity index (χ4n) is 3.55. The van der Waals surface area contributed by atoms with Gasteiger partial charge < -0.3 is 10.4 Å². The highest BCUT2D eigenvalue weighted by atomic mass is 79.9. The summed E-state index contributed by atoms with van der Waals surface area (Å²) in [5.74, 6) is 0.201. The second-order valence-corrected chi connectivity index (χ2v) is 6.93. The van der Waals surface area contributed by atoms with Crippen LogP contribution in [0.25, 0.3) is 0 Å². The predicted octanol–water partition coefficient (Wildman–Crippen LogP) is 2.54. The van der Waals surface area contributed by atoms with Crippen molar-refractivity contribution in [1.29, 1.82) is 0 Å². The van der Waals surface area contributed by atoms with Crippen molar-refractivity contribution in [3.05, 3.63) is 33.8 Å². The Hall–Kier alpha value is -0.870. The maximum atomic E-state index is 12.3. The first-order valence-corrected chi connectivity index (χ1v) is 8.10. The number of carbonyl (C=O) groups is 1. The van der Waals surface area contributed by atoms with E-state index in [0.29, 0.717) is 0 Å². The van der Waals surface area contributed by atoms with Crippen LogP contribution in [-0.4, -0.2) is 23.7 Å². The van der Waals surface area contributed by atoms with Crippen molar-refractivity contribution < 1.29 is 9.90 Å². The molecule has 2 aliphatic carbocycles. The summed E-state index contributed by atoms with van der Waals surface area (Å²) in [5, 5.41) is 12.2. The Morgan fingerprint density at radius 1 is 1.60 bits per heavy atom. The number of aryl methyl sites for hydroxylation is 1. The Kier molecular flexibility index (Phi) is 3.63. The van der Waals surface area contributed by atoms with Crippen LogP contribution in [0.4, 0.5) is 0 Å². The maximum Gasteiger partial charge on any atom is 0.224 e. The molecule has 1 amide bonds. The van der Waals surface area contributed by atoms with Gasteiger partial charge in [0.2, 0.25) is 5.91 Å². The number of aliphatic hydroxyl groups excluding tert-OH is 1. The van der Waals surface area contributed by atoms with Gasteiger partial charge in [0, 0.05) is 15.8 Å². The predicted molar refractivity (Wildman–Crippen MR) is 81.6 cm³/mol. The lowest BCUT2D eigenvalue weighted by Gasteiger charge is -2.16. The fraction of sp³-hybridized carbons (Fsp3) is 0.562. The van der Waals surface area contributed by atoms with Gasteiger partial charge in [0.1, 0.15) is 0 Å². The number of amides is 1. The molecule has 3 atom stereocenters. The van der Waals surface area contributed by atoms with E-state index in [0.717, 1.165) is 30.2 Å². The highest BCUT2D eigenvalue weighted by molar-refractivity contribution is 9.10. The number of aliphatic hydroxyl groups is 1. The van der Waals surface area contributed by atoms with Gasteiger partial charge in [-0.25, -0.2) is 0 Å². The Morgan fingerprint density at radius 2 is 2.40 bits per heavy atom. The zero-order valence-electron chi connectivity index (χ0n) is 11.7. The van der Waals surface area contributed by atoms with Crippen molar-refractivity contribution in [3.63, 3.8) is 0 Å². The van der Waals surface area contributed by atoms with E-state index in [-0.39, 0.29) is 29.9 Å². The quantitative estimate of drug-likeness (QED) is 0.886. The Bertz CT molecular complexity index is 541. The van der Waals surface area contributed by atoms with E-state index in [1.54, 1.807) is 0 Å². The van der Waals surface area contributed by atoms with Crippen molar-refractivity contribution in [2.45, 2.75) is 44.1 Å². The molecule has 0 saturated heterocycles. The number of rotatable bonds is 4. The third-order valence-corrected chi connectivity index (χ3v) is 5.39. The standard InChI is InChI=1S/C16H20BrNO2/c1-2-12(9-19)18-15(20)14-8-16(14)6-5-10-7-11(17)3-4-13(10)16/h3-4,7,12,14,19H,2,5-6,8-9H2,1H3,(H,18,20)/t12-,14+,16-/m0/s1. The molecule has 0 aromatic heterocycles. The summed E-state index contributed by atoms with van der Waals surface area (Å²) in [6.07, 6.45) is 3.86. The lowest BCUT2D eigenvalue weighted by Crippen LogP contribution is -2.39. The number of nitrogens with one attached hydrogen (secondary N) is 1. The number of hydrogen-bond acceptors (Lipinski definition) is 2. The molecule has 108 valence electrons. The second-order valence-electron chi connectivity index (χ2n) is 6.01. The molecular formula is C16H20BrNO2. The third-order valence-electron chi connectivity index (χ3n) is 4.90. The van der Waals surface area contributed by atoms with Crippen LogP contribution in [0.15, 0.2) is 22.7 Å². The summed E-state index contributed by atoms with van der Waals surface area (Å²) >= 11 is 3.51. The van der Waals surface area contributed by atoms with Crippen molar-refractivity contribution in [1.82, 2.24) is 5.32 Å². The van der Waals surface area contributed by atoms with Gasteiger partial charge in [0.15, 0.2) is 0 Å². The molecule has 1 spiro atoms. The van der Waals surface area contributed by atoms with Crippen LogP contribution < -0.4 is 5.32 Å². The molecule has 0 aliphatic heterocycles. The molecule has 1 aromatic carbocycles. The van der Waals surface area contributed by atoms with Crippen molar-refractivity contribution >= 4 is 21.8 Å². The number of fused-ring (bicyclic) bond motifs is 2. The van der Waals surface area contributed by atoms with E-state index in [4.69, 9.17) is 0 Å². The average Bonchev–Trinajstić information content (AvgIpc) is 3.07. The minimum atomic E-state index is -0.106. The van der Waals surface area contributed by atoms with Crippen LogP contribution in [-0.2, 0) is 16.6 Å². The Balaban J connectivity index is 1.75. The van der Waals surface area contributed by atoms with Crippen LogP contribution in [0.5, 0.6) is 0 Å². The van der Waals surface area contributed by atoms with E-state index >= 15 is 0 Å². The molecule has 3 rings (SSSR count). The summed E-state index contributed by atoms with van der Waals surface area (Å²) in [6.45, 7) is 2.00. The molecular weight excluding hydrogens is 318 g/mol. The molecule has 2 aliphatic rings. The minimum absolute atomic E-state index is 0.0193. The zero-order chi connectivity index (χ0) is 14.3. The van der Waals surface area contributed by atoms with Crippen LogP contribution in [0.3, 0.4) is 0 Å². The van der Waals surface area contributed by atoms with Gasteiger partial charge in [-0.2, -0.15) is 0 Å². The Labute approximate surface area is 127 Å². The number of hydrogen-bond donors (Lipinski definition) is 2. The van der Waals surface area contributed by atoms with Gasteiger partial charge in [-0.3, -0.25) is 4.79 Å². The van der Waals surface area contributed by atoms with Crippen molar-refractivity contribution in [2.75, 3.05) is 6.61 Å². The lowest BCUT2D eigenvalue weighted by atomic mass is 9.95. The van der Waals surface area contributed by atoms with E-state index in [1.807, 2.05) is 6.92 Å². The normalized spacial score (nSPS) is 28.2. The second kappa shape index (κ2) is 5.15. The highest BCUT2D eigenvalue weighted by Gasteiger charge is 2.61. The monoisotopic (exact) mass is 337 g/mol. The van der Waals surface area contributed by atoms with Crippen LogP contribution in [0, 0.1) is 5.92 Å². The molecule has 0 radical (unpaired) electrons. The van der Waals surface area contributed by atoms with Gasteiger partial charge in [-0.1, -0.05) is 28.9 Å². The van der Waals surface area contributed by atoms with Crippen LogP contribution in [0.2, 0.25) is 0 Å². The van der Waals surface area contributed by atoms with E-state index in [2.05, 4.69) is 39.4 Å². The van der Waals surface area contributed by atoms with E-state index < -0.39 is 0 Å². The molecule has 20 heavy (non-hydrogen) atoms. The van der Waals surface area contributed by atoms with Crippen molar-refractivity contribution in [2.24, 2.45) is 5.92 Å². The average molecular weight is 338 g/mol. The SMILES string of the molecule is CC[C@@H](CO)NC(=O)[C@H]1C[C@]12CCc1cc(Br)ccc12. The molecule has 1 aromatic rings. The molecule has 0 unspecified atom stereocenters. The number of halogens is 1. The summed E-state index contributed by atoms with van der Waals surface area (Å²) in [7, 11) is 0. The molecule has 3 nitrogen and oxygen atoms in total. The van der Waals surface area contributed by atoms with Gasteiger partial charge in [0.05, 0.1) is 12.6 Å². The maximum absolute atomic E-state index is 12.3. The molecule has 0 heterocycles. The molecule has 2 N–H and O–H groups in total. The van der Waals surface area contributed by atoms with Crippen LogP contribution in [0.1, 0.15) is 37.3 Å². The molecule has 0 bridgehead atoms. The minimum Gasteiger partial charge on any atom is -0.394 e. The van der Waals surface area contributed by atoms with Gasteiger partial charge in [-0.15, -0.1) is 0 Å². The molecule has 1 fully saturated rings. The smallest absolute Gasteiger partial charge is 0.224 e. The summed E-state index contributed by atoms with van der Waals surface area (Å²) in [6, 6.07) is 6.32. The van der Waals surface area contributed by atoms with Gasteiger partial charge in [0.25, 0.3) is 0 Å². The van der Waals surface area contributed by atoms with Crippen LogP contribution >= 0.6 is 15.9 Å². The Morgan fingerprint density at radius 3 is 3.10 bits per heavy atom. The first-order chi connectivity index (χ1) is 9.60. The third kappa shape index (κ3) is 2.19. The topological polar surface area (TPSA) is 49.3 Å². The summed E-state index contributed by atoms with van der Waals surface area (Å²) in [5.41, 5.74) is 2.81. The number of carbonyl (C=O) groups excluding carboxylic acids is 1. The number of benzene rings is 1. The zero-order valence-corrected chi connectivity index (χ0v) is 13.2. The summed E-state index contributed by atoms with van der Waals surface area (Å²) < 4.78 is 1.11. The molecule has 4 heteroatoms. The highest BCUT2D eigenvalue weighted by Crippen LogP contribution is 2.61. The lowest BCUT2D eigenvalue weighted by molar-refractivity contribution is -0.123. The van der Waals surface area contributed by atoms with Crippen molar-refractivity contribution in [3.8, 4) is 0 Å². The van der Waals surface area contributed by atoms with E-state index in [9.17, 15) is 9.90 Å². The van der Waals surface area contributed by atoms with Gasteiger partial charge in [-0.05, 0) is 48.9 Å². The first-order valence-electron chi connectivity index (χ1n) is 7.31. The fourth-order valence-corrected chi connectivity index (χ4v) is 3.96. The van der Waals surface area contributed by atoms with E-state index in [1.165, 1.54) is 11.1 Å².